The Kier molecular flexibility index (Phi) is 3.01. The minimum atomic E-state index is 0.270. The lowest BCUT2D eigenvalue weighted by Gasteiger charge is -2.21. The van der Waals surface area contributed by atoms with Gasteiger partial charge in [-0.3, -0.25) is 0 Å². The summed E-state index contributed by atoms with van der Waals surface area (Å²) in [6.45, 7) is 2.45. The van der Waals surface area contributed by atoms with Gasteiger partial charge in [0.2, 0.25) is 0 Å². The van der Waals surface area contributed by atoms with E-state index < -0.39 is 0 Å². The van der Waals surface area contributed by atoms with Gasteiger partial charge in [0.15, 0.2) is 0 Å². The number of ether oxygens (including phenoxy) is 1. The molecule has 1 saturated heterocycles. The molecule has 1 fully saturated rings. The number of thiazole rings is 1. The lowest BCUT2D eigenvalue weighted by Crippen LogP contribution is -2.34. The van der Waals surface area contributed by atoms with Gasteiger partial charge in [0.1, 0.15) is 5.01 Å². The van der Waals surface area contributed by atoms with Gasteiger partial charge in [0, 0.05) is 22.9 Å². The van der Waals surface area contributed by atoms with Crippen LogP contribution in [0.25, 0.3) is 11.3 Å². The van der Waals surface area contributed by atoms with Crippen LogP contribution in [-0.4, -0.2) is 24.7 Å². The minimum absolute atomic E-state index is 0.270. The van der Waals surface area contributed by atoms with Gasteiger partial charge in [-0.2, -0.15) is 11.3 Å². The van der Waals surface area contributed by atoms with Gasteiger partial charge in [0.25, 0.3) is 0 Å². The Labute approximate surface area is 102 Å². The number of nitrogens with one attached hydrogen (secondary N) is 1. The number of morpholine rings is 1. The molecule has 1 aliphatic rings. The molecule has 0 bridgehead atoms. The van der Waals surface area contributed by atoms with Crippen molar-refractivity contribution in [1.29, 1.82) is 0 Å². The van der Waals surface area contributed by atoms with Gasteiger partial charge in [-0.05, 0) is 11.4 Å². The predicted molar refractivity (Wildman–Crippen MR) is 67.0 cm³/mol. The zero-order valence-corrected chi connectivity index (χ0v) is 10.3. The van der Waals surface area contributed by atoms with Crippen molar-refractivity contribution in [2.75, 3.05) is 19.8 Å². The number of aromatic nitrogens is 1. The summed E-state index contributed by atoms with van der Waals surface area (Å²) in [7, 11) is 0. The summed E-state index contributed by atoms with van der Waals surface area (Å²) < 4.78 is 5.44. The van der Waals surface area contributed by atoms with E-state index in [1.54, 1.807) is 22.7 Å². The van der Waals surface area contributed by atoms with E-state index in [4.69, 9.17) is 4.74 Å². The average Bonchev–Trinajstić information content (AvgIpc) is 3.01. The highest BCUT2D eigenvalue weighted by Gasteiger charge is 2.18. The molecule has 3 rings (SSSR count). The first-order chi connectivity index (χ1) is 7.93. The highest BCUT2D eigenvalue weighted by atomic mass is 32.1. The molecular weight excluding hydrogens is 240 g/mol. The van der Waals surface area contributed by atoms with E-state index >= 15 is 0 Å². The van der Waals surface area contributed by atoms with Crippen molar-refractivity contribution < 1.29 is 4.74 Å². The van der Waals surface area contributed by atoms with Crippen LogP contribution in [0.5, 0.6) is 0 Å². The largest absolute Gasteiger partial charge is 0.378 e. The van der Waals surface area contributed by atoms with Crippen LogP contribution in [-0.2, 0) is 4.74 Å². The Morgan fingerprint density at radius 3 is 3.19 bits per heavy atom. The number of hydrogen-bond acceptors (Lipinski definition) is 5. The van der Waals surface area contributed by atoms with Crippen molar-refractivity contribution >= 4 is 22.7 Å². The molecule has 5 heteroatoms. The van der Waals surface area contributed by atoms with Crippen molar-refractivity contribution in [1.82, 2.24) is 10.3 Å². The zero-order chi connectivity index (χ0) is 10.8. The average molecular weight is 252 g/mol. The van der Waals surface area contributed by atoms with Crippen LogP contribution in [0.3, 0.4) is 0 Å². The molecule has 2 aromatic heterocycles. The maximum Gasteiger partial charge on any atom is 0.113 e. The molecule has 1 N–H and O–H groups in total. The molecule has 0 aromatic carbocycles. The molecule has 0 saturated carbocycles. The number of hydrogen-bond donors (Lipinski definition) is 1. The molecule has 0 amide bonds. The number of rotatable bonds is 2. The van der Waals surface area contributed by atoms with E-state index in [0.29, 0.717) is 0 Å². The second-order valence-corrected chi connectivity index (χ2v) is 5.33. The van der Waals surface area contributed by atoms with Crippen molar-refractivity contribution in [2.24, 2.45) is 0 Å². The second-order valence-electron chi connectivity index (χ2n) is 3.66. The van der Waals surface area contributed by atoms with Crippen LogP contribution in [0.15, 0.2) is 22.2 Å². The van der Waals surface area contributed by atoms with Crippen LogP contribution >= 0.6 is 22.7 Å². The Bertz CT molecular complexity index is 446. The fourth-order valence-electron chi connectivity index (χ4n) is 1.71. The highest BCUT2D eigenvalue weighted by molar-refractivity contribution is 7.10. The molecule has 2 aromatic rings. The number of nitrogens with zero attached hydrogens (tertiary/aromatic N) is 1. The van der Waals surface area contributed by atoms with Crippen molar-refractivity contribution in [3.05, 3.63) is 27.2 Å². The Morgan fingerprint density at radius 1 is 1.44 bits per heavy atom. The summed E-state index contributed by atoms with van der Waals surface area (Å²) in [6.07, 6.45) is 0. The van der Waals surface area contributed by atoms with Gasteiger partial charge in [-0.15, -0.1) is 11.3 Å². The van der Waals surface area contributed by atoms with E-state index in [9.17, 15) is 0 Å². The van der Waals surface area contributed by atoms with E-state index in [0.717, 1.165) is 30.5 Å². The first-order valence-electron chi connectivity index (χ1n) is 5.22. The molecule has 84 valence electrons. The first-order valence-corrected chi connectivity index (χ1v) is 7.05. The van der Waals surface area contributed by atoms with E-state index in [1.165, 1.54) is 5.56 Å². The van der Waals surface area contributed by atoms with E-state index in [-0.39, 0.29) is 6.04 Å². The van der Waals surface area contributed by atoms with Gasteiger partial charge in [-0.1, -0.05) is 0 Å². The Hall–Kier alpha value is -0.750. The molecule has 1 atom stereocenters. The molecule has 0 radical (unpaired) electrons. The van der Waals surface area contributed by atoms with Crippen LogP contribution < -0.4 is 5.32 Å². The highest BCUT2D eigenvalue weighted by Crippen LogP contribution is 2.27. The molecule has 1 aliphatic heterocycles. The third-order valence-electron chi connectivity index (χ3n) is 2.56. The van der Waals surface area contributed by atoms with E-state index in [1.807, 2.05) is 0 Å². The van der Waals surface area contributed by atoms with Crippen molar-refractivity contribution in [2.45, 2.75) is 6.04 Å². The monoisotopic (exact) mass is 252 g/mol. The third kappa shape index (κ3) is 2.04. The normalized spacial score (nSPS) is 21.1. The smallest absolute Gasteiger partial charge is 0.113 e. The van der Waals surface area contributed by atoms with Gasteiger partial charge >= 0.3 is 0 Å². The van der Waals surface area contributed by atoms with Crippen molar-refractivity contribution in [3.63, 3.8) is 0 Å². The maximum absolute atomic E-state index is 5.44. The summed E-state index contributed by atoms with van der Waals surface area (Å²) in [5.74, 6) is 0. The summed E-state index contributed by atoms with van der Waals surface area (Å²) in [4.78, 5) is 4.66. The fraction of sp³-hybridized carbons (Fsp3) is 0.364. The summed E-state index contributed by atoms with van der Waals surface area (Å²) in [5, 5.41) is 10.9. The fourth-order valence-corrected chi connectivity index (χ4v) is 3.25. The van der Waals surface area contributed by atoms with E-state index in [2.05, 4.69) is 32.5 Å². The molecular formula is C11H12N2OS2. The molecule has 0 spiro atoms. The molecule has 3 nitrogen and oxygen atoms in total. The lowest BCUT2D eigenvalue weighted by atomic mass is 10.2. The molecule has 16 heavy (non-hydrogen) atoms. The van der Waals surface area contributed by atoms with Crippen molar-refractivity contribution in [3.8, 4) is 11.3 Å². The Morgan fingerprint density at radius 2 is 2.44 bits per heavy atom. The van der Waals surface area contributed by atoms with Crippen LogP contribution in [0.1, 0.15) is 11.0 Å². The topological polar surface area (TPSA) is 34.1 Å². The number of thiophene rings is 1. The van der Waals surface area contributed by atoms with Crippen LogP contribution in [0, 0.1) is 0 Å². The van der Waals surface area contributed by atoms with Gasteiger partial charge in [0.05, 0.1) is 24.9 Å². The van der Waals surface area contributed by atoms with Gasteiger partial charge in [-0.25, -0.2) is 4.98 Å². The first kappa shape index (κ1) is 10.4. The summed E-state index contributed by atoms with van der Waals surface area (Å²) in [6, 6.07) is 2.38. The quantitative estimate of drug-likeness (QED) is 0.892. The van der Waals surface area contributed by atoms with Crippen LogP contribution in [0.4, 0.5) is 0 Å². The standard InChI is InChI=1S/C11H12N2OS2/c1-4-15-6-8(1)10-7-16-11(13-10)9-5-14-3-2-12-9/h1,4,6-7,9,12H,2-3,5H2. The van der Waals surface area contributed by atoms with Crippen LogP contribution in [0.2, 0.25) is 0 Å². The summed E-state index contributed by atoms with van der Waals surface area (Å²) in [5.41, 5.74) is 2.29. The molecule has 0 aliphatic carbocycles. The predicted octanol–water partition coefficient (Wildman–Crippen LogP) is 2.53. The summed E-state index contributed by atoms with van der Waals surface area (Å²) >= 11 is 3.41. The van der Waals surface area contributed by atoms with Gasteiger partial charge < -0.3 is 10.1 Å². The zero-order valence-electron chi connectivity index (χ0n) is 8.68. The maximum atomic E-state index is 5.44. The third-order valence-corrected chi connectivity index (χ3v) is 4.20. The molecule has 3 heterocycles. The second kappa shape index (κ2) is 4.63. The lowest BCUT2D eigenvalue weighted by molar-refractivity contribution is 0.0768. The minimum Gasteiger partial charge on any atom is -0.378 e. The molecule has 1 unspecified atom stereocenters. The Balaban J connectivity index is 1.82. The SMILES string of the molecule is c1cc(-c2csc(C3COCCN3)n2)cs1.